The number of nitrogens with zero attached hydrogens (tertiary/aromatic N) is 1. The van der Waals surface area contributed by atoms with Gasteiger partial charge in [-0.05, 0) is 30.4 Å². The van der Waals surface area contributed by atoms with Crippen LogP contribution in [0, 0.1) is 10.1 Å². The molecule has 0 saturated heterocycles. The van der Waals surface area contributed by atoms with E-state index in [1.807, 2.05) is 0 Å². The van der Waals surface area contributed by atoms with Crippen LogP contribution in [0.3, 0.4) is 0 Å². The molecule has 0 fully saturated rings. The summed E-state index contributed by atoms with van der Waals surface area (Å²) < 4.78 is 10.3. The third-order valence-corrected chi connectivity index (χ3v) is 3.42. The quantitative estimate of drug-likeness (QED) is 0.479. The first-order valence-electron chi connectivity index (χ1n) is 7.04. The summed E-state index contributed by atoms with van der Waals surface area (Å²) in [4.78, 5) is 22.6. The average Bonchev–Trinajstić information content (AvgIpc) is 2.61. The number of amides is 1. The van der Waals surface area contributed by atoms with Crippen molar-refractivity contribution in [2.45, 2.75) is 0 Å². The number of hydrogen-bond donors (Lipinski definition) is 2. The Bertz CT molecular complexity index is 825. The van der Waals surface area contributed by atoms with E-state index in [1.54, 1.807) is 24.3 Å². The monoisotopic (exact) mass is 361 g/mol. The number of carbonyl (C=O) groups is 1. The van der Waals surface area contributed by atoms with Gasteiger partial charge in [0.2, 0.25) is 0 Å². The molecule has 0 spiro atoms. The molecule has 2 rings (SSSR count). The van der Waals surface area contributed by atoms with E-state index in [-0.39, 0.29) is 16.5 Å². The van der Waals surface area contributed by atoms with Crippen LogP contribution in [-0.2, 0) is 0 Å². The Morgan fingerprint density at radius 3 is 2.44 bits per heavy atom. The van der Waals surface area contributed by atoms with Gasteiger partial charge in [-0.25, -0.2) is 0 Å². The van der Waals surface area contributed by atoms with Crippen molar-refractivity contribution < 1.29 is 19.2 Å². The maximum Gasteiger partial charge on any atom is 0.271 e. The number of ether oxygens (including phenoxy) is 2. The molecule has 2 aromatic carbocycles. The number of para-hydroxylation sites is 1. The summed E-state index contributed by atoms with van der Waals surface area (Å²) >= 11 is 5.10. The van der Waals surface area contributed by atoms with Crippen LogP contribution in [0.15, 0.2) is 42.5 Å². The van der Waals surface area contributed by atoms with E-state index in [0.29, 0.717) is 17.1 Å². The molecule has 0 bridgehead atoms. The fourth-order valence-electron chi connectivity index (χ4n) is 2.06. The van der Waals surface area contributed by atoms with Gasteiger partial charge in [-0.15, -0.1) is 0 Å². The van der Waals surface area contributed by atoms with Crippen molar-refractivity contribution in [1.29, 1.82) is 0 Å². The SMILES string of the molecule is COc1ccc([N+](=O)[O-])cc1NC(=S)NC(=O)c1ccccc1OC. The van der Waals surface area contributed by atoms with Gasteiger partial charge in [0, 0.05) is 12.1 Å². The largest absolute Gasteiger partial charge is 0.496 e. The molecule has 0 unspecified atom stereocenters. The third-order valence-electron chi connectivity index (χ3n) is 3.22. The molecule has 9 heteroatoms. The zero-order valence-electron chi connectivity index (χ0n) is 13.4. The highest BCUT2D eigenvalue weighted by Crippen LogP contribution is 2.28. The number of non-ortho nitro benzene ring substituents is 1. The molecule has 2 N–H and O–H groups in total. The molecule has 25 heavy (non-hydrogen) atoms. The summed E-state index contributed by atoms with van der Waals surface area (Å²) in [7, 11) is 2.87. The second kappa shape index (κ2) is 8.06. The fourth-order valence-corrected chi connectivity index (χ4v) is 2.27. The summed E-state index contributed by atoms with van der Waals surface area (Å²) in [5.41, 5.74) is 0.435. The van der Waals surface area contributed by atoms with E-state index in [1.165, 1.54) is 32.4 Å². The number of carbonyl (C=O) groups excluding carboxylic acids is 1. The van der Waals surface area contributed by atoms with Gasteiger partial charge in [0.15, 0.2) is 5.11 Å². The molecule has 0 saturated carbocycles. The average molecular weight is 361 g/mol. The highest BCUT2D eigenvalue weighted by Gasteiger charge is 2.16. The molecule has 0 aromatic heterocycles. The maximum atomic E-state index is 12.3. The molecule has 0 aliphatic rings. The second-order valence-electron chi connectivity index (χ2n) is 4.75. The summed E-state index contributed by atoms with van der Waals surface area (Å²) in [5.74, 6) is 0.273. The number of methoxy groups -OCH3 is 2. The summed E-state index contributed by atoms with van der Waals surface area (Å²) in [6, 6.07) is 10.7. The van der Waals surface area contributed by atoms with Crippen LogP contribution >= 0.6 is 12.2 Å². The van der Waals surface area contributed by atoms with Gasteiger partial charge in [-0.3, -0.25) is 20.2 Å². The molecule has 0 aliphatic carbocycles. The number of benzene rings is 2. The van der Waals surface area contributed by atoms with Crippen LogP contribution in [-0.4, -0.2) is 30.2 Å². The lowest BCUT2D eigenvalue weighted by atomic mass is 10.2. The minimum absolute atomic E-state index is 0.0327. The number of thiocarbonyl (C=S) groups is 1. The number of nitro benzene ring substituents is 1. The lowest BCUT2D eigenvalue weighted by molar-refractivity contribution is -0.384. The van der Waals surface area contributed by atoms with Crippen molar-refractivity contribution in [2.24, 2.45) is 0 Å². The van der Waals surface area contributed by atoms with Gasteiger partial charge in [0.25, 0.3) is 11.6 Å². The van der Waals surface area contributed by atoms with Gasteiger partial charge < -0.3 is 14.8 Å². The first kappa shape index (κ1) is 18.1. The van der Waals surface area contributed by atoms with Gasteiger partial charge >= 0.3 is 0 Å². The zero-order chi connectivity index (χ0) is 18.4. The first-order chi connectivity index (χ1) is 12.0. The number of anilines is 1. The van der Waals surface area contributed by atoms with Crippen LogP contribution in [0.1, 0.15) is 10.4 Å². The van der Waals surface area contributed by atoms with Crippen molar-refractivity contribution in [3.63, 3.8) is 0 Å². The normalized spacial score (nSPS) is 9.84. The molecule has 8 nitrogen and oxygen atoms in total. The fraction of sp³-hybridized carbons (Fsp3) is 0.125. The maximum absolute atomic E-state index is 12.3. The number of nitrogens with one attached hydrogen (secondary N) is 2. The van der Waals surface area contributed by atoms with Crippen LogP contribution in [0.25, 0.3) is 0 Å². The Kier molecular flexibility index (Phi) is 5.85. The Morgan fingerprint density at radius 2 is 1.80 bits per heavy atom. The first-order valence-corrected chi connectivity index (χ1v) is 7.45. The third kappa shape index (κ3) is 4.42. The number of rotatable bonds is 5. The van der Waals surface area contributed by atoms with Gasteiger partial charge in [-0.2, -0.15) is 0 Å². The van der Waals surface area contributed by atoms with E-state index < -0.39 is 10.8 Å². The molecule has 0 heterocycles. The van der Waals surface area contributed by atoms with E-state index in [4.69, 9.17) is 21.7 Å². The Morgan fingerprint density at radius 1 is 1.12 bits per heavy atom. The summed E-state index contributed by atoms with van der Waals surface area (Å²) in [5, 5.41) is 16.1. The summed E-state index contributed by atoms with van der Waals surface area (Å²) in [6.07, 6.45) is 0. The van der Waals surface area contributed by atoms with Crippen LogP contribution in [0.5, 0.6) is 11.5 Å². The molecule has 0 radical (unpaired) electrons. The van der Waals surface area contributed by atoms with Crippen molar-refractivity contribution in [1.82, 2.24) is 5.32 Å². The highest BCUT2D eigenvalue weighted by molar-refractivity contribution is 7.80. The minimum Gasteiger partial charge on any atom is -0.496 e. The lowest BCUT2D eigenvalue weighted by Crippen LogP contribution is -2.34. The molecule has 0 aliphatic heterocycles. The van der Waals surface area contributed by atoms with E-state index in [0.717, 1.165) is 0 Å². The van der Waals surface area contributed by atoms with Crippen LogP contribution < -0.4 is 20.1 Å². The van der Waals surface area contributed by atoms with Crippen molar-refractivity contribution in [3.05, 3.63) is 58.1 Å². The lowest BCUT2D eigenvalue weighted by Gasteiger charge is -2.13. The van der Waals surface area contributed by atoms with Crippen molar-refractivity contribution in [2.75, 3.05) is 19.5 Å². The molecule has 2 aromatic rings. The molecular formula is C16H15N3O5S. The smallest absolute Gasteiger partial charge is 0.271 e. The van der Waals surface area contributed by atoms with Crippen molar-refractivity contribution in [3.8, 4) is 11.5 Å². The molecule has 1 amide bonds. The minimum atomic E-state index is -0.541. The molecule has 0 atom stereocenters. The topological polar surface area (TPSA) is 103 Å². The number of hydrogen-bond acceptors (Lipinski definition) is 6. The van der Waals surface area contributed by atoms with Gasteiger partial charge in [0.05, 0.1) is 30.4 Å². The van der Waals surface area contributed by atoms with Crippen molar-refractivity contribution >= 4 is 34.6 Å². The zero-order valence-corrected chi connectivity index (χ0v) is 14.3. The van der Waals surface area contributed by atoms with E-state index in [9.17, 15) is 14.9 Å². The predicted molar refractivity (Wildman–Crippen MR) is 96.3 cm³/mol. The Labute approximate surface area is 148 Å². The second-order valence-corrected chi connectivity index (χ2v) is 5.16. The molecule has 130 valence electrons. The molecular weight excluding hydrogens is 346 g/mol. The van der Waals surface area contributed by atoms with E-state index >= 15 is 0 Å². The Hall–Kier alpha value is -3.20. The number of nitro groups is 1. The summed E-state index contributed by atoms with van der Waals surface area (Å²) in [6.45, 7) is 0. The Balaban J connectivity index is 2.16. The van der Waals surface area contributed by atoms with E-state index in [2.05, 4.69) is 10.6 Å². The van der Waals surface area contributed by atoms with Gasteiger partial charge in [0.1, 0.15) is 11.5 Å². The highest BCUT2D eigenvalue weighted by atomic mass is 32.1. The van der Waals surface area contributed by atoms with Crippen LogP contribution in [0.2, 0.25) is 0 Å². The van der Waals surface area contributed by atoms with Crippen LogP contribution in [0.4, 0.5) is 11.4 Å². The predicted octanol–water partition coefficient (Wildman–Crippen LogP) is 2.74. The standard InChI is InChI=1S/C16H15N3O5S/c1-23-13-6-4-3-5-11(13)15(20)18-16(25)17-12-9-10(19(21)22)7-8-14(12)24-2/h3-9H,1-2H3,(H2,17,18,20,25). The van der Waals surface area contributed by atoms with Gasteiger partial charge in [-0.1, -0.05) is 12.1 Å².